The Balaban J connectivity index is 2.61. The molecule has 0 radical (unpaired) electrons. The van der Waals surface area contributed by atoms with Crippen molar-refractivity contribution >= 4 is 0 Å². The predicted molar refractivity (Wildman–Crippen MR) is 73.1 cm³/mol. The number of aromatic nitrogens is 2. The molecule has 0 aliphatic rings. The Morgan fingerprint density at radius 2 is 2.06 bits per heavy atom. The third kappa shape index (κ3) is 4.50. The van der Waals surface area contributed by atoms with Crippen LogP contribution in [-0.4, -0.2) is 16.3 Å². The molecule has 0 saturated heterocycles. The maximum absolute atomic E-state index is 4.43. The van der Waals surface area contributed by atoms with Crippen molar-refractivity contribution in [2.24, 2.45) is 13.0 Å². The Kier molecular flexibility index (Phi) is 5.69. The van der Waals surface area contributed by atoms with Crippen LogP contribution in [-0.2, 0) is 7.05 Å². The van der Waals surface area contributed by atoms with Gasteiger partial charge < -0.3 is 5.32 Å². The molecule has 98 valence electrons. The second-order valence-corrected chi connectivity index (χ2v) is 5.28. The van der Waals surface area contributed by atoms with Gasteiger partial charge in [-0.15, -0.1) is 0 Å². The van der Waals surface area contributed by atoms with Crippen LogP contribution < -0.4 is 5.32 Å². The van der Waals surface area contributed by atoms with Crippen LogP contribution in [0.4, 0.5) is 0 Å². The van der Waals surface area contributed by atoms with E-state index in [9.17, 15) is 0 Å². The molecule has 1 atom stereocenters. The van der Waals surface area contributed by atoms with Crippen LogP contribution in [0.1, 0.15) is 57.3 Å². The standard InChI is InChI=1S/C14H27N3/c1-6-15-14(9-7-8-11(2)3)13-10-17(5)16-12(13)4/h10-11,14-15H,6-9H2,1-5H3. The monoisotopic (exact) mass is 237 g/mol. The van der Waals surface area contributed by atoms with Crippen LogP contribution in [0.2, 0.25) is 0 Å². The van der Waals surface area contributed by atoms with Crippen molar-refractivity contribution in [1.29, 1.82) is 0 Å². The first-order chi connectivity index (χ1) is 8.04. The third-order valence-corrected chi connectivity index (χ3v) is 3.15. The molecule has 1 heterocycles. The van der Waals surface area contributed by atoms with Crippen LogP contribution in [0.5, 0.6) is 0 Å². The maximum Gasteiger partial charge on any atom is 0.0641 e. The maximum atomic E-state index is 4.43. The number of hydrogen-bond donors (Lipinski definition) is 1. The van der Waals surface area contributed by atoms with Gasteiger partial charge in [-0.1, -0.05) is 33.6 Å². The van der Waals surface area contributed by atoms with Gasteiger partial charge in [0.2, 0.25) is 0 Å². The van der Waals surface area contributed by atoms with Crippen molar-refractivity contribution in [1.82, 2.24) is 15.1 Å². The summed E-state index contributed by atoms with van der Waals surface area (Å²) < 4.78 is 1.91. The number of nitrogens with one attached hydrogen (secondary N) is 1. The Morgan fingerprint density at radius 3 is 2.53 bits per heavy atom. The van der Waals surface area contributed by atoms with Crippen LogP contribution in [0.15, 0.2) is 6.20 Å². The molecule has 1 aromatic heterocycles. The van der Waals surface area contributed by atoms with Gasteiger partial charge >= 0.3 is 0 Å². The Bertz CT molecular complexity index is 328. The molecule has 3 heteroatoms. The zero-order valence-electron chi connectivity index (χ0n) is 12.0. The molecule has 1 unspecified atom stereocenters. The molecule has 3 nitrogen and oxygen atoms in total. The first-order valence-corrected chi connectivity index (χ1v) is 6.78. The van der Waals surface area contributed by atoms with Gasteiger partial charge in [-0.05, 0) is 25.8 Å². The zero-order valence-corrected chi connectivity index (χ0v) is 12.0. The fourth-order valence-corrected chi connectivity index (χ4v) is 2.30. The highest BCUT2D eigenvalue weighted by Gasteiger charge is 2.15. The topological polar surface area (TPSA) is 29.9 Å². The van der Waals surface area contributed by atoms with E-state index in [4.69, 9.17) is 0 Å². The lowest BCUT2D eigenvalue weighted by molar-refractivity contribution is 0.454. The van der Waals surface area contributed by atoms with Gasteiger partial charge in [-0.2, -0.15) is 5.10 Å². The summed E-state index contributed by atoms with van der Waals surface area (Å²) in [5, 5.41) is 8.01. The van der Waals surface area contributed by atoms with E-state index in [1.54, 1.807) is 0 Å². The summed E-state index contributed by atoms with van der Waals surface area (Å²) in [6, 6.07) is 0.465. The van der Waals surface area contributed by atoms with E-state index in [2.05, 4.69) is 44.3 Å². The number of hydrogen-bond acceptors (Lipinski definition) is 2. The summed E-state index contributed by atoms with van der Waals surface area (Å²) in [6.07, 6.45) is 5.95. The van der Waals surface area contributed by atoms with E-state index in [0.717, 1.165) is 18.2 Å². The largest absolute Gasteiger partial charge is 0.310 e. The van der Waals surface area contributed by atoms with Crippen molar-refractivity contribution < 1.29 is 0 Å². The molecule has 1 rings (SSSR count). The average molecular weight is 237 g/mol. The third-order valence-electron chi connectivity index (χ3n) is 3.15. The second-order valence-electron chi connectivity index (χ2n) is 5.28. The van der Waals surface area contributed by atoms with E-state index in [0.29, 0.717) is 6.04 Å². The predicted octanol–water partition coefficient (Wildman–Crippen LogP) is 3.21. The summed E-state index contributed by atoms with van der Waals surface area (Å²) in [6.45, 7) is 9.86. The lowest BCUT2D eigenvalue weighted by Gasteiger charge is -2.17. The van der Waals surface area contributed by atoms with Gasteiger partial charge in [-0.3, -0.25) is 4.68 Å². The molecule has 0 saturated carbocycles. The molecule has 0 aliphatic carbocycles. The quantitative estimate of drug-likeness (QED) is 0.789. The summed E-state index contributed by atoms with van der Waals surface area (Å²) in [5.41, 5.74) is 2.51. The van der Waals surface area contributed by atoms with Gasteiger partial charge in [0.1, 0.15) is 0 Å². The first kappa shape index (κ1) is 14.2. The van der Waals surface area contributed by atoms with Crippen LogP contribution in [0, 0.1) is 12.8 Å². The average Bonchev–Trinajstić information content (AvgIpc) is 2.56. The summed E-state index contributed by atoms with van der Waals surface area (Å²) >= 11 is 0. The molecule has 0 bridgehead atoms. The molecule has 0 amide bonds. The van der Waals surface area contributed by atoms with Gasteiger partial charge in [0, 0.05) is 24.8 Å². The molecular weight excluding hydrogens is 210 g/mol. The van der Waals surface area contributed by atoms with Crippen molar-refractivity contribution in [2.75, 3.05) is 6.54 Å². The van der Waals surface area contributed by atoms with Crippen LogP contribution in [0.3, 0.4) is 0 Å². The second kappa shape index (κ2) is 6.80. The molecule has 0 aliphatic heterocycles. The minimum absolute atomic E-state index is 0.465. The molecule has 0 fully saturated rings. The molecule has 1 aromatic rings. The Morgan fingerprint density at radius 1 is 1.35 bits per heavy atom. The van der Waals surface area contributed by atoms with E-state index < -0.39 is 0 Å². The zero-order chi connectivity index (χ0) is 12.8. The fourth-order valence-electron chi connectivity index (χ4n) is 2.30. The van der Waals surface area contributed by atoms with E-state index >= 15 is 0 Å². The highest BCUT2D eigenvalue weighted by atomic mass is 15.3. The smallest absolute Gasteiger partial charge is 0.0641 e. The van der Waals surface area contributed by atoms with Crippen LogP contribution in [0.25, 0.3) is 0 Å². The summed E-state index contributed by atoms with van der Waals surface area (Å²) in [5.74, 6) is 0.798. The molecular formula is C14H27N3. The van der Waals surface area contributed by atoms with Crippen molar-refractivity contribution in [3.8, 4) is 0 Å². The molecule has 0 spiro atoms. The molecule has 0 aromatic carbocycles. The van der Waals surface area contributed by atoms with Gasteiger partial charge in [0.15, 0.2) is 0 Å². The Hall–Kier alpha value is -0.830. The minimum Gasteiger partial charge on any atom is -0.310 e. The van der Waals surface area contributed by atoms with E-state index in [1.165, 1.54) is 24.8 Å². The van der Waals surface area contributed by atoms with Gasteiger partial charge in [-0.25, -0.2) is 0 Å². The molecule has 1 N–H and O–H groups in total. The van der Waals surface area contributed by atoms with Crippen molar-refractivity contribution in [3.63, 3.8) is 0 Å². The minimum atomic E-state index is 0.465. The van der Waals surface area contributed by atoms with Gasteiger partial charge in [0.25, 0.3) is 0 Å². The normalized spacial score (nSPS) is 13.3. The number of aryl methyl sites for hydroxylation is 2. The first-order valence-electron chi connectivity index (χ1n) is 6.78. The van der Waals surface area contributed by atoms with Gasteiger partial charge in [0.05, 0.1) is 5.69 Å². The fraction of sp³-hybridized carbons (Fsp3) is 0.786. The van der Waals surface area contributed by atoms with Crippen molar-refractivity contribution in [3.05, 3.63) is 17.5 Å². The van der Waals surface area contributed by atoms with Crippen LogP contribution >= 0.6 is 0 Å². The lowest BCUT2D eigenvalue weighted by atomic mass is 9.98. The Labute approximate surface area is 106 Å². The van der Waals surface area contributed by atoms with E-state index in [1.807, 2.05) is 11.7 Å². The highest BCUT2D eigenvalue weighted by molar-refractivity contribution is 5.19. The number of rotatable bonds is 7. The summed E-state index contributed by atoms with van der Waals surface area (Å²) in [7, 11) is 1.99. The van der Waals surface area contributed by atoms with Crippen molar-refractivity contribution in [2.45, 2.75) is 53.0 Å². The summed E-state index contributed by atoms with van der Waals surface area (Å²) in [4.78, 5) is 0. The SMILES string of the molecule is CCNC(CCCC(C)C)c1cn(C)nc1C. The number of nitrogens with zero attached hydrogens (tertiary/aromatic N) is 2. The molecule has 17 heavy (non-hydrogen) atoms. The lowest BCUT2D eigenvalue weighted by Crippen LogP contribution is -2.21. The highest BCUT2D eigenvalue weighted by Crippen LogP contribution is 2.22. The van der Waals surface area contributed by atoms with E-state index in [-0.39, 0.29) is 0 Å².